The summed E-state index contributed by atoms with van der Waals surface area (Å²) in [5.74, 6) is 0.877. The highest BCUT2D eigenvalue weighted by atomic mass is 15.2. The molecule has 7 nitrogen and oxygen atoms in total. The molecule has 19 heavy (non-hydrogen) atoms. The fourth-order valence-electron chi connectivity index (χ4n) is 1.90. The van der Waals surface area contributed by atoms with Gasteiger partial charge in [0.05, 0.1) is 17.6 Å². The first kappa shape index (κ1) is 11.4. The van der Waals surface area contributed by atoms with Gasteiger partial charge in [-0.2, -0.15) is 15.1 Å². The number of nitrogens with two attached hydrogens (primary N) is 1. The topological polar surface area (TPSA) is 105 Å². The number of fused-ring (bicyclic) bond motifs is 1. The summed E-state index contributed by atoms with van der Waals surface area (Å²) >= 11 is 0. The minimum atomic E-state index is 0.0791. The molecule has 4 N–H and O–H groups in total. The lowest BCUT2D eigenvalue weighted by Gasteiger charge is -2.15. The van der Waals surface area contributed by atoms with Crippen molar-refractivity contribution in [2.75, 3.05) is 11.1 Å². The van der Waals surface area contributed by atoms with Crippen molar-refractivity contribution in [1.82, 2.24) is 25.1 Å². The summed E-state index contributed by atoms with van der Waals surface area (Å²) in [5, 5.41) is 10.9. The zero-order chi connectivity index (χ0) is 13.2. The fraction of sp³-hybridized carbons (Fsp3) is 0.167. The lowest BCUT2D eigenvalue weighted by Crippen LogP contribution is -2.09. The Balaban J connectivity index is 1.95. The molecule has 3 aromatic rings. The fourth-order valence-corrected chi connectivity index (χ4v) is 1.90. The van der Waals surface area contributed by atoms with Gasteiger partial charge in [-0.1, -0.05) is 0 Å². The molecule has 3 rings (SSSR count). The van der Waals surface area contributed by atoms with Crippen molar-refractivity contribution in [3.63, 3.8) is 0 Å². The molecule has 0 aliphatic carbocycles. The quantitative estimate of drug-likeness (QED) is 0.655. The van der Waals surface area contributed by atoms with Gasteiger partial charge >= 0.3 is 0 Å². The van der Waals surface area contributed by atoms with E-state index >= 15 is 0 Å². The van der Waals surface area contributed by atoms with Crippen molar-refractivity contribution in [2.45, 2.75) is 13.0 Å². The van der Waals surface area contributed by atoms with E-state index in [1.807, 2.05) is 19.1 Å². The summed E-state index contributed by atoms with van der Waals surface area (Å²) in [6.07, 6.45) is 5.20. The van der Waals surface area contributed by atoms with Gasteiger partial charge in [0.2, 0.25) is 5.95 Å². The van der Waals surface area contributed by atoms with Gasteiger partial charge in [-0.3, -0.25) is 10.1 Å². The van der Waals surface area contributed by atoms with Gasteiger partial charge in [-0.15, -0.1) is 0 Å². The molecule has 0 fully saturated rings. The van der Waals surface area contributed by atoms with Crippen LogP contribution in [-0.2, 0) is 0 Å². The molecule has 0 aliphatic rings. The number of nitrogens with one attached hydrogen (secondary N) is 2. The van der Waals surface area contributed by atoms with E-state index in [0.29, 0.717) is 11.5 Å². The van der Waals surface area contributed by atoms with Crippen LogP contribution in [0.25, 0.3) is 11.0 Å². The smallest absolute Gasteiger partial charge is 0.224 e. The summed E-state index contributed by atoms with van der Waals surface area (Å²) in [5.41, 5.74) is 7.42. The molecule has 1 unspecified atom stereocenters. The molecule has 96 valence electrons. The Labute approximate surface area is 109 Å². The maximum atomic E-state index is 5.68. The molecule has 3 aromatic heterocycles. The van der Waals surface area contributed by atoms with Crippen molar-refractivity contribution in [3.8, 4) is 0 Å². The second kappa shape index (κ2) is 4.52. The molecular weight excluding hydrogens is 242 g/mol. The van der Waals surface area contributed by atoms with Crippen LogP contribution in [0.3, 0.4) is 0 Å². The summed E-state index contributed by atoms with van der Waals surface area (Å²) in [6.45, 7) is 2.04. The van der Waals surface area contributed by atoms with Crippen molar-refractivity contribution in [2.24, 2.45) is 0 Å². The maximum absolute atomic E-state index is 5.68. The van der Waals surface area contributed by atoms with Gasteiger partial charge in [0.15, 0.2) is 5.65 Å². The van der Waals surface area contributed by atoms with E-state index in [2.05, 4.69) is 30.5 Å². The Morgan fingerprint density at radius 1 is 1.26 bits per heavy atom. The van der Waals surface area contributed by atoms with E-state index in [1.54, 1.807) is 18.6 Å². The van der Waals surface area contributed by atoms with Crippen LogP contribution in [-0.4, -0.2) is 25.1 Å². The molecule has 0 amide bonds. The first-order valence-corrected chi connectivity index (χ1v) is 5.87. The highest BCUT2D eigenvalue weighted by Gasteiger charge is 2.11. The number of aromatic amines is 1. The van der Waals surface area contributed by atoms with Crippen LogP contribution >= 0.6 is 0 Å². The van der Waals surface area contributed by atoms with Crippen molar-refractivity contribution in [1.29, 1.82) is 0 Å². The van der Waals surface area contributed by atoms with Crippen LogP contribution in [0.4, 0.5) is 11.8 Å². The molecule has 0 radical (unpaired) electrons. The number of hydrogen-bond acceptors (Lipinski definition) is 6. The number of aromatic nitrogens is 5. The molecule has 0 saturated carbocycles. The van der Waals surface area contributed by atoms with Crippen LogP contribution < -0.4 is 11.1 Å². The number of anilines is 2. The Morgan fingerprint density at radius 3 is 2.84 bits per heavy atom. The molecule has 0 spiro atoms. The van der Waals surface area contributed by atoms with Crippen molar-refractivity contribution in [3.05, 3.63) is 36.3 Å². The van der Waals surface area contributed by atoms with Crippen LogP contribution in [0.1, 0.15) is 18.5 Å². The van der Waals surface area contributed by atoms with Crippen LogP contribution in [0.5, 0.6) is 0 Å². The summed E-state index contributed by atoms with van der Waals surface area (Å²) in [6, 6.07) is 3.99. The van der Waals surface area contributed by atoms with Crippen LogP contribution in [0.15, 0.2) is 30.7 Å². The largest absolute Gasteiger partial charge is 0.368 e. The molecule has 7 heteroatoms. The molecular formula is C12H13N7. The van der Waals surface area contributed by atoms with Gasteiger partial charge in [0, 0.05) is 12.4 Å². The van der Waals surface area contributed by atoms with Crippen molar-refractivity contribution >= 4 is 22.8 Å². The molecule has 3 heterocycles. The second-order valence-electron chi connectivity index (χ2n) is 4.21. The predicted octanol–water partition coefficient (Wildman–Crippen LogP) is 1.50. The molecule has 0 saturated heterocycles. The highest BCUT2D eigenvalue weighted by molar-refractivity contribution is 5.86. The Hall–Kier alpha value is -2.70. The van der Waals surface area contributed by atoms with E-state index in [9.17, 15) is 0 Å². The number of rotatable bonds is 3. The number of nitrogens with zero attached hydrogens (tertiary/aromatic N) is 4. The average molecular weight is 255 g/mol. The van der Waals surface area contributed by atoms with Gasteiger partial charge < -0.3 is 11.1 Å². The second-order valence-corrected chi connectivity index (χ2v) is 4.21. The third-order valence-corrected chi connectivity index (χ3v) is 2.89. The predicted molar refractivity (Wildman–Crippen MR) is 72.4 cm³/mol. The van der Waals surface area contributed by atoms with Gasteiger partial charge in [0.1, 0.15) is 5.82 Å². The lowest BCUT2D eigenvalue weighted by atomic mass is 10.1. The van der Waals surface area contributed by atoms with Crippen molar-refractivity contribution < 1.29 is 0 Å². The number of pyridine rings is 1. The Morgan fingerprint density at radius 2 is 2.05 bits per heavy atom. The highest BCUT2D eigenvalue weighted by Crippen LogP contribution is 2.23. The SMILES string of the molecule is CC(Nc1nc(N)nc2[nH]ncc12)c1ccncc1. The van der Waals surface area contributed by atoms with Gasteiger partial charge in [-0.05, 0) is 24.6 Å². The minimum Gasteiger partial charge on any atom is -0.368 e. The molecule has 0 aliphatic heterocycles. The number of hydrogen-bond donors (Lipinski definition) is 3. The summed E-state index contributed by atoms with van der Waals surface area (Å²) in [7, 11) is 0. The summed E-state index contributed by atoms with van der Waals surface area (Å²) in [4.78, 5) is 12.3. The monoisotopic (exact) mass is 255 g/mol. The molecule has 1 atom stereocenters. The first-order chi connectivity index (χ1) is 9.24. The van der Waals surface area contributed by atoms with E-state index in [1.165, 1.54) is 0 Å². The summed E-state index contributed by atoms with van der Waals surface area (Å²) < 4.78 is 0. The molecule has 0 aromatic carbocycles. The number of H-pyrrole nitrogens is 1. The number of nitrogen functional groups attached to an aromatic ring is 1. The third-order valence-electron chi connectivity index (χ3n) is 2.89. The molecule has 0 bridgehead atoms. The van der Waals surface area contributed by atoms with Crippen LogP contribution in [0.2, 0.25) is 0 Å². The Bertz CT molecular complexity index is 692. The lowest BCUT2D eigenvalue weighted by molar-refractivity contribution is 0.873. The van der Waals surface area contributed by atoms with E-state index in [0.717, 1.165) is 10.9 Å². The minimum absolute atomic E-state index is 0.0791. The van der Waals surface area contributed by atoms with E-state index in [-0.39, 0.29) is 12.0 Å². The standard InChI is InChI=1S/C12H13N7/c1-7(8-2-4-14-5-3-8)16-10-9-6-15-19-11(9)18-12(13)17-10/h2-7H,1H3,(H4,13,15,16,17,18,19). The maximum Gasteiger partial charge on any atom is 0.224 e. The van der Waals surface area contributed by atoms with Crippen LogP contribution in [0, 0.1) is 0 Å². The third kappa shape index (κ3) is 2.17. The Kier molecular flexibility index (Phi) is 2.71. The van der Waals surface area contributed by atoms with E-state index < -0.39 is 0 Å². The van der Waals surface area contributed by atoms with Gasteiger partial charge in [0.25, 0.3) is 0 Å². The van der Waals surface area contributed by atoms with Gasteiger partial charge in [-0.25, -0.2) is 0 Å². The zero-order valence-corrected chi connectivity index (χ0v) is 10.3. The first-order valence-electron chi connectivity index (χ1n) is 5.87. The average Bonchev–Trinajstić information content (AvgIpc) is 2.88. The zero-order valence-electron chi connectivity index (χ0n) is 10.3. The normalized spacial score (nSPS) is 12.5. The van der Waals surface area contributed by atoms with E-state index in [4.69, 9.17) is 5.73 Å².